The average Bonchev–Trinajstić information content (AvgIpc) is 3.38. The van der Waals surface area contributed by atoms with E-state index in [1.165, 1.54) is 0 Å². The van der Waals surface area contributed by atoms with Crippen LogP contribution in [0.25, 0.3) is 0 Å². The van der Waals surface area contributed by atoms with Gasteiger partial charge in [-0.15, -0.1) is 0 Å². The van der Waals surface area contributed by atoms with Gasteiger partial charge in [-0.3, -0.25) is 4.79 Å². The molecule has 4 aliphatic heterocycles. The minimum Gasteiger partial charge on any atom is -0.390 e. The summed E-state index contributed by atoms with van der Waals surface area (Å²) in [6.45, 7) is 18.8. The Morgan fingerprint density at radius 3 is 2.18 bits per heavy atom. The maximum absolute atomic E-state index is 14.3. The molecule has 13 nitrogen and oxygen atoms in total. The maximum Gasteiger partial charge on any atom is 0.225 e. The fourth-order valence-corrected chi connectivity index (χ4v) is 9.47. The summed E-state index contributed by atoms with van der Waals surface area (Å²) < 4.78 is 39.0. The summed E-state index contributed by atoms with van der Waals surface area (Å²) in [6.07, 6.45) is -5.33. The number of aliphatic hydroxyl groups is 4. The molecule has 1 amide bonds. The number of carbonyl (C=O) groups is 1. The van der Waals surface area contributed by atoms with Crippen molar-refractivity contribution >= 4 is 5.91 Å². The Hall–Kier alpha value is -0.970. The maximum atomic E-state index is 14.3. The van der Waals surface area contributed by atoms with Gasteiger partial charge in [0, 0.05) is 31.4 Å². The van der Waals surface area contributed by atoms with Crippen molar-refractivity contribution in [2.45, 2.75) is 192 Å². The summed E-state index contributed by atoms with van der Waals surface area (Å²) in [5.41, 5.74) is -3.62. The van der Waals surface area contributed by atoms with E-state index in [1.54, 1.807) is 27.9 Å². The highest BCUT2D eigenvalue weighted by atomic mass is 16.7. The quantitative estimate of drug-likeness (QED) is 0.248. The van der Waals surface area contributed by atoms with Crippen LogP contribution in [0.1, 0.15) is 101 Å². The highest BCUT2D eigenvalue weighted by Crippen LogP contribution is 2.47. The second-order valence-electron chi connectivity index (χ2n) is 17.3. The minimum absolute atomic E-state index is 0.0373. The molecule has 5 N–H and O–H groups in total. The highest BCUT2D eigenvalue weighted by Gasteiger charge is 2.57. The van der Waals surface area contributed by atoms with Crippen LogP contribution in [0.4, 0.5) is 0 Å². The summed E-state index contributed by atoms with van der Waals surface area (Å²) >= 11 is 0. The van der Waals surface area contributed by atoms with Crippen molar-refractivity contribution in [3.8, 4) is 0 Å². The van der Waals surface area contributed by atoms with Crippen LogP contribution in [-0.2, 0) is 33.2 Å². The Morgan fingerprint density at radius 1 is 0.941 bits per heavy atom. The second-order valence-corrected chi connectivity index (χ2v) is 17.3. The van der Waals surface area contributed by atoms with E-state index in [2.05, 4.69) is 12.2 Å². The number of carbonyl (C=O) groups excluding carboxylic acids is 1. The zero-order valence-corrected chi connectivity index (χ0v) is 33.4. The lowest BCUT2D eigenvalue weighted by atomic mass is 9.75. The molecule has 19 atom stereocenters. The Balaban J connectivity index is 1.84. The van der Waals surface area contributed by atoms with Gasteiger partial charge < -0.3 is 59.1 Å². The molecule has 4 saturated heterocycles. The Labute approximate surface area is 306 Å². The van der Waals surface area contributed by atoms with Crippen molar-refractivity contribution in [2.75, 3.05) is 21.2 Å². The number of ether oxygens (including phenoxy) is 6. The SMILES string of the molecule is CCCC1NC(=O)[C@H](C)[C@@H](OC2C[C@@](C)(OC)C(O)[C@H](C)O2)[C@H](C)[C@@H](OC2O[C@H](C)C[C@H](N(C)C)[C@H]2O)[C@@]2(C)CC(C)C(O2)[C@@H](C)[C@@H](O)[C@]1(C)O. The van der Waals surface area contributed by atoms with Gasteiger partial charge in [-0.2, -0.15) is 0 Å². The van der Waals surface area contributed by atoms with E-state index in [0.717, 1.165) is 0 Å². The molecule has 0 saturated carbocycles. The number of methoxy groups -OCH3 is 1. The molecule has 0 aromatic carbocycles. The largest absolute Gasteiger partial charge is 0.390 e. The number of hydrogen-bond acceptors (Lipinski definition) is 12. The van der Waals surface area contributed by atoms with E-state index in [9.17, 15) is 25.2 Å². The molecule has 0 radical (unpaired) electrons. The first-order valence-electron chi connectivity index (χ1n) is 19.2. The van der Waals surface area contributed by atoms with Crippen LogP contribution in [0.3, 0.4) is 0 Å². The summed E-state index contributed by atoms with van der Waals surface area (Å²) in [5.74, 6) is -2.25. The van der Waals surface area contributed by atoms with Crippen LogP contribution >= 0.6 is 0 Å². The van der Waals surface area contributed by atoms with Crippen molar-refractivity contribution < 1.29 is 53.6 Å². The minimum atomic E-state index is -1.67. The lowest BCUT2D eigenvalue weighted by Crippen LogP contribution is -2.62. The Kier molecular flexibility index (Phi) is 13.8. The van der Waals surface area contributed by atoms with Gasteiger partial charge in [0.1, 0.15) is 17.8 Å². The van der Waals surface area contributed by atoms with E-state index < -0.39 is 95.9 Å². The van der Waals surface area contributed by atoms with Gasteiger partial charge in [-0.05, 0) is 73.9 Å². The van der Waals surface area contributed by atoms with Gasteiger partial charge in [0.25, 0.3) is 0 Å². The molecule has 4 rings (SSSR count). The number of hydrogen-bond donors (Lipinski definition) is 5. The lowest BCUT2D eigenvalue weighted by Gasteiger charge is -2.48. The normalized spacial score (nSPS) is 51.8. The van der Waals surface area contributed by atoms with E-state index in [4.69, 9.17) is 28.4 Å². The predicted molar refractivity (Wildman–Crippen MR) is 191 cm³/mol. The zero-order valence-electron chi connectivity index (χ0n) is 33.4. The van der Waals surface area contributed by atoms with Crippen LogP contribution < -0.4 is 5.32 Å². The van der Waals surface area contributed by atoms with E-state index in [0.29, 0.717) is 25.7 Å². The Morgan fingerprint density at radius 2 is 1.59 bits per heavy atom. The first-order valence-corrected chi connectivity index (χ1v) is 19.2. The molecule has 2 bridgehead atoms. The third-order valence-electron chi connectivity index (χ3n) is 12.8. The number of nitrogens with one attached hydrogen (secondary N) is 1. The van der Waals surface area contributed by atoms with E-state index in [-0.39, 0.29) is 30.4 Å². The fourth-order valence-electron chi connectivity index (χ4n) is 9.47. The van der Waals surface area contributed by atoms with Crippen molar-refractivity contribution in [3.63, 3.8) is 0 Å². The van der Waals surface area contributed by atoms with Crippen LogP contribution in [0.15, 0.2) is 0 Å². The highest BCUT2D eigenvalue weighted by molar-refractivity contribution is 5.79. The van der Waals surface area contributed by atoms with Gasteiger partial charge in [-0.25, -0.2) is 0 Å². The molecule has 4 heterocycles. The summed E-state index contributed by atoms with van der Waals surface area (Å²) in [7, 11) is 5.39. The summed E-state index contributed by atoms with van der Waals surface area (Å²) in [5, 5.41) is 49.4. The van der Waals surface area contributed by atoms with Crippen LogP contribution in [-0.4, -0.2) is 143 Å². The van der Waals surface area contributed by atoms with Crippen molar-refractivity contribution in [2.24, 2.45) is 23.7 Å². The number of amides is 1. The standard InChI is InChI=1S/C38H70N2O11/c1-14-15-26-38(10,45)31(42)21(4)29-19(2)17-37(9,51-29)33(50-35-28(41)25(40(11)12)16-20(3)47-35)22(5)30(23(6)34(44)39-26)49-27-18-36(8,46-13)32(43)24(7)48-27/h19-33,35,41-43,45H,14-18H2,1-13H3,(H,39,44)/t19?,20-,21-,22+,23-,24+,25+,26?,27?,28-,29?,30+,31-,32?,33-,35?,36-,37-,38-/m1/s1. The molecule has 4 fully saturated rings. The average molecular weight is 731 g/mol. The molecule has 298 valence electrons. The molecule has 6 unspecified atom stereocenters. The fraction of sp³-hybridized carbons (Fsp3) is 0.974. The second kappa shape index (κ2) is 16.4. The van der Waals surface area contributed by atoms with Crippen LogP contribution in [0.5, 0.6) is 0 Å². The smallest absolute Gasteiger partial charge is 0.225 e. The van der Waals surface area contributed by atoms with Crippen LogP contribution in [0.2, 0.25) is 0 Å². The van der Waals surface area contributed by atoms with Gasteiger partial charge in [-0.1, -0.05) is 41.0 Å². The third-order valence-corrected chi connectivity index (χ3v) is 12.8. The topological polar surface area (TPSA) is 169 Å². The van der Waals surface area contributed by atoms with Crippen molar-refractivity contribution in [1.29, 1.82) is 0 Å². The summed E-state index contributed by atoms with van der Waals surface area (Å²) in [4.78, 5) is 16.3. The third kappa shape index (κ3) is 8.64. The molecule has 4 aliphatic rings. The van der Waals surface area contributed by atoms with Gasteiger partial charge in [0.05, 0.1) is 59.8 Å². The van der Waals surface area contributed by atoms with Gasteiger partial charge in [0.2, 0.25) is 5.91 Å². The molecule has 0 spiro atoms. The molecular weight excluding hydrogens is 660 g/mol. The first kappa shape index (κ1) is 42.8. The van der Waals surface area contributed by atoms with Gasteiger partial charge >= 0.3 is 0 Å². The lowest BCUT2D eigenvalue weighted by molar-refractivity contribution is -0.318. The summed E-state index contributed by atoms with van der Waals surface area (Å²) in [6, 6.07) is -0.970. The monoisotopic (exact) mass is 730 g/mol. The van der Waals surface area contributed by atoms with Crippen molar-refractivity contribution in [1.82, 2.24) is 10.2 Å². The molecule has 0 aromatic heterocycles. The number of rotatable bonds is 8. The zero-order chi connectivity index (χ0) is 38.4. The molecule has 13 heteroatoms. The number of nitrogens with zero attached hydrogens (tertiary/aromatic N) is 1. The van der Waals surface area contributed by atoms with Crippen LogP contribution in [0, 0.1) is 23.7 Å². The van der Waals surface area contributed by atoms with E-state index >= 15 is 0 Å². The molecule has 0 aromatic rings. The first-order chi connectivity index (χ1) is 23.6. The number of aliphatic hydroxyl groups excluding tert-OH is 3. The van der Waals surface area contributed by atoms with Crippen molar-refractivity contribution in [3.05, 3.63) is 0 Å². The Bertz CT molecular complexity index is 1160. The van der Waals surface area contributed by atoms with Gasteiger partial charge in [0.15, 0.2) is 12.6 Å². The molecule has 51 heavy (non-hydrogen) atoms. The number of likely N-dealkylation sites (N-methyl/N-ethyl adjacent to an activating group) is 1. The number of fused-ring (bicyclic) bond motifs is 2. The predicted octanol–water partition coefficient (Wildman–Crippen LogP) is 2.59. The molecule has 0 aliphatic carbocycles. The van der Waals surface area contributed by atoms with E-state index in [1.807, 2.05) is 60.5 Å². The molecular formula is C38H70N2O11.